The first-order valence-electron chi connectivity index (χ1n) is 7.06. The topological polar surface area (TPSA) is 74.6 Å². The van der Waals surface area contributed by atoms with Crippen LogP contribution in [0.5, 0.6) is 0 Å². The molecule has 4 heteroatoms. The Kier molecular flexibility index (Phi) is 7.09. The average molecular weight is 272 g/mol. The Morgan fingerprint density at radius 1 is 0.684 bits per heavy atom. The van der Waals surface area contributed by atoms with Crippen LogP contribution in [0.15, 0.2) is 0 Å². The standard InChI is InChI=1S/C15H28O4/c1-14(2,12(16)17)10-8-6-5-7-9-11-15(3,4)13(18)19/h5-11H2,1-4H3,(H,16,17)(H,18,19). The summed E-state index contributed by atoms with van der Waals surface area (Å²) in [5.41, 5.74) is -1.27. The number of rotatable bonds is 10. The Morgan fingerprint density at radius 2 is 0.947 bits per heavy atom. The van der Waals surface area contributed by atoms with Crippen molar-refractivity contribution in [2.24, 2.45) is 10.8 Å². The van der Waals surface area contributed by atoms with Gasteiger partial charge in [-0.2, -0.15) is 0 Å². The number of hydrogen-bond donors (Lipinski definition) is 2. The van der Waals surface area contributed by atoms with E-state index in [2.05, 4.69) is 0 Å². The van der Waals surface area contributed by atoms with Gasteiger partial charge >= 0.3 is 11.9 Å². The molecule has 0 rings (SSSR count). The van der Waals surface area contributed by atoms with Crippen LogP contribution in [0, 0.1) is 10.8 Å². The quantitative estimate of drug-likeness (QED) is 0.591. The van der Waals surface area contributed by atoms with Gasteiger partial charge in [0, 0.05) is 0 Å². The van der Waals surface area contributed by atoms with E-state index in [0.717, 1.165) is 32.1 Å². The van der Waals surface area contributed by atoms with Crippen molar-refractivity contribution in [3.8, 4) is 0 Å². The van der Waals surface area contributed by atoms with Crippen LogP contribution >= 0.6 is 0 Å². The Morgan fingerprint density at radius 3 is 1.21 bits per heavy atom. The maximum absolute atomic E-state index is 10.9. The molecule has 0 aromatic rings. The molecule has 0 bridgehead atoms. The van der Waals surface area contributed by atoms with Crippen LogP contribution in [0.3, 0.4) is 0 Å². The summed E-state index contributed by atoms with van der Waals surface area (Å²) in [6.07, 6.45) is 6.31. The van der Waals surface area contributed by atoms with Gasteiger partial charge in [-0.1, -0.05) is 32.1 Å². The Labute approximate surface area is 116 Å². The third-order valence-electron chi connectivity index (χ3n) is 3.76. The highest BCUT2D eigenvalue weighted by Gasteiger charge is 2.27. The van der Waals surface area contributed by atoms with E-state index in [9.17, 15) is 9.59 Å². The summed E-state index contributed by atoms with van der Waals surface area (Å²) in [6, 6.07) is 0. The molecule has 0 aromatic heterocycles. The van der Waals surface area contributed by atoms with Crippen LogP contribution in [0.4, 0.5) is 0 Å². The van der Waals surface area contributed by atoms with Gasteiger partial charge in [-0.3, -0.25) is 9.59 Å². The molecule has 0 unspecified atom stereocenters. The summed E-state index contributed by atoms with van der Waals surface area (Å²) in [6.45, 7) is 7.02. The lowest BCUT2D eigenvalue weighted by Crippen LogP contribution is -2.23. The van der Waals surface area contributed by atoms with Crippen molar-refractivity contribution in [1.82, 2.24) is 0 Å². The molecule has 112 valence electrons. The fourth-order valence-corrected chi connectivity index (χ4v) is 1.88. The van der Waals surface area contributed by atoms with Gasteiger partial charge in [0.15, 0.2) is 0 Å². The smallest absolute Gasteiger partial charge is 0.309 e. The zero-order chi connectivity index (χ0) is 15.1. The van der Waals surface area contributed by atoms with Gasteiger partial charge in [0.25, 0.3) is 0 Å². The van der Waals surface area contributed by atoms with Gasteiger partial charge in [-0.25, -0.2) is 0 Å². The SMILES string of the molecule is CC(C)(CCCCCCCC(C)(C)C(=O)O)C(=O)O. The van der Waals surface area contributed by atoms with Gasteiger partial charge in [-0.15, -0.1) is 0 Å². The Bertz CT molecular complexity index is 275. The first-order chi connectivity index (χ1) is 8.59. The molecule has 4 nitrogen and oxygen atoms in total. The van der Waals surface area contributed by atoms with E-state index in [1.54, 1.807) is 27.7 Å². The highest BCUT2D eigenvalue weighted by molar-refractivity contribution is 5.73. The number of carboxylic acid groups (broad SMARTS) is 2. The molecular formula is C15H28O4. The van der Waals surface area contributed by atoms with E-state index in [4.69, 9.17) is 10.2 Å². The summed E-state index contributed by atoms with van der Waals surface area (Å²) >= 11 is 0. The summed E-state index contributed by atoms with van der Waals surface area (Å²) in [7, 11) is 0. The molecule has 0 aromatic carbocycles. The predicted octanol–water partition coefficient (Wildman–Crippen LogP) is 3.94. The van der Waals surface area contributed by atoms with Crippen molar-refractivity contribution >= 4 is 11.9 Å². The van der Waals surface area contributed by atoms with Crippen LogP contribution in [0.2, 0.25) is 0 Å². The molecule has 19 heavy (non-hydrogen) atoms. The van der Waals surface area contributed by atoms with Crippen LogP contribution < -0.4 is 0 Å². The normalized spacial score (nSPS) is 12.4. The number of unbranched alkanes of at least 4 members (excludes halogenated alkanes) is 4. The number of carboxylic acids is 2. The molecule has 0 fully saturated rings. The first kappa shape index (κ1) is 17.9. The first-order valence-corrected chi connectivity index (χ1v) is 7.06. The largest absolute Gasteiger partial charge is 0.481 e. The second kappa shape index (κ2) is 7.51. The minimum atomic E-state index is -0.740. The lowest BCUT2D eigenvalue weighted by Gasteiger charge is -2.19. The molecule has 0 amide bonds. The van der Waals surface area contributed by atoms with Crippen LogP contribution in [-0.2, 0) is 9.59 Å². The van der Waals surface area contributed by atoms with Gasteiger partial charge in [0.1, 0.15) is 0 Å². The molecule has 0 spiro atoms. The Balaban J connectivity index is 3.63. The number of carbonyl (C=O) groups is 2. The maximum Gasteiger partial charge on any atom is 0.309 e. The number of aliphatic carboxylic acids is 2. The molecule has 0 aliphatic rings. The lowest BCUT2D eigenvalue weighted by molar-refractivity contribution is -0.148. The summed E-state index contributed by atoms with van der Waals surface area (Å²) in [5, 5.41) is 17.9. The van der Waals surface area contributed by atoms with E-state index in [1.807, 2.05) is 0 Å². The minimum absolute atomic E-state index is 0.634. The van der Waals surface area contributed by atoms with E-state index in [1.165, 1.54) is 0 Å². The molecule has 0 aliphatic heterocycles. The van der Waals surface area contributed by atoms with Gasteiger partial charge in [0.05, 0.1) is 10.8 Å². The predicted molar refractivity (Wildman–Crippen MR) is 75.2 cm³/mol. The highest BCUT2D eigenvalue weighted by Crippen LogP contribution is 2.26. The van der Waals surface area contributed by atoms with Gasteiger partial charge in [-0.05, 0) is 40.5 Å². The molecule has 0 atom stereocenters. The van der Waals surface area contributed by atoms with Crippen molar-refractivity contribution in [2.75, 3.05) is 0 Å². The second-order valence-electron chi connectivity index (χ2n) is 6.65. The van der Waals surface area contributed by atoms with Gasteiger partial charge in [0.2, 0.25) is 0 Å². The third kappa shape index (κ3) is 7.19. The molecule has 0 radical (unpaired) electrons. The van der Waals surface area contributed by atoms with Crippen molar-refractivity contribution in [2.45, 2.75) is 72.6 Å². The molecule has 0 saturated carbocycles. The van der Waals surface area contributed by atoms with Crippen molar-refractivity contribution in [3.05, 3.63) is 0 Å². The van der Waals surface area contributed by atoms with Crippen molar-refractivity contribution < 1.29 is 19.8 Å². The van der Waals surface area contributed by atoms with Gasteiger partial charge < -0.3 is 10.2 Å². The van der Waals surface area contributed by atoms with E-state index >= 15 is 0 Å². The zero-order valence-corrected chi connectivity index (χ0v) is 12.7. The molecular weight excluding hydrogens is 244 g/mol. The van der Waals surface area contributed by atoms with Crippen LogP contribution in [-0.4, -0.2) is 22.2 Å². The van der Waals surface area contributed by atoms with Crippen LogP contribution in [0.25, 0.3) is 0 Å². The van der Waals surface area contributed by atoms with Crippen molar-refractivity contribution in [3.63, 3.8) is 0 Å². The van der Waals surface area contributed by atoms with E-state index in [0.29, 0.717) is 12.8 Å². The van der Waals surface area contributed by atoms with Crippen molar-refractivity contribution in [1.29, 1.82) is 0 Å². The maximum atomic E-state index is 10.9. The highest BCUT2D eigenvalue weighted by atomic mass is 16.4. The van der Waals surface area contributed by atoms with E-state index in [-0.39, 0.29) is 0 Å². The fraction of sp³-hybridized carbons (Fsp3) is 0.867. The average Bonchev–Trinajstić information content (AvgIpc) is 2.27. The second-order valence-corrected chi connectivity index (χ2v) is 6.65. The lowest BCUT2D eigenvalue weighted by atomic mass is 9.86. The van der Waals surface area contributed by atoms with Crippen LogP contribution in [0.1, 0.15) is 72.6 Å². The zero-order valence-electron chi connectivity index (χ0n) is 12.7. The monoisotopic (exact) mass is 272 g/mol. The summed E-state index contributed by atoms with van der Waals surface area (Å²) in [5.74, 6) is -1.48. The van der Waals surface area contributed by atoms with E-state index < -0.39 is 22.8 Å². The number of hydrogen-bond acceptors (Lipinski definition) is 2. The third-order valence-corrected chi connectivity index (χ3v) is 3.76. The molecule has 0 aliphatic carbocycles. The molecule has 2 N–H and O–H groups in total. The fourth-order valence-electron chi connectivity index (χ4n) is 1.88. The molecule has 0 heterocycles. The summed E-state index contributed by atoms with van der Waals surface area (Å²) < 4.78 is 0. The Hall–Kier alpha value is -1.06. The minimum Gasteiger partial charge on any atom is -0.481 e. The summed E-state index contributed by atoms with van der Waals surface area (Å²) in [4.78, 5) is 21.8. The molecule has 0 saturated heterocycles.